The topological polar surface area (TPSA) is 179 Å². The fourth-order valence-electron chi connectivity index (χ4n) is 9.68. The van der Waals surface area contributed by atoms with Crippen molar-refractivity contribution in [1.82, 2.24) is 41.0 Å². The summed E-state index contributed by atoms with van der Waals surface area (Å²) in [7, 11) is 2.60. The Hall–Kier alpha value is -6.87. The maximum atomic E-state index is 14.0. The van der Waals surface area contributed by atoms with E-state index in [4.69, 9.17) is 19.2 Å². The molecule has 4 aliphatic heterocycles. The normalized spacial score (nSPS) is 20.8. The first-order chi connectivity index (χ1) is 31.3. The summed E-state index contributed by atoms with van der Waals surface area (Å²) in [6.45, 7) is 2.31. The highest BCUT2D eigenvalue weighted by molar-refractivity contribution is 5.91. The van der Waals surface area contributed by atoms with Crippen LogP contribution in [0.4, 0.5) is 9.59 Å². The number of aromatic nitrogens is 2. The van der Waals surface area contributed by atoms with E-state index in [1.165, 1.54) is 14.2 Å². The van der Waals surface area contributed by atoms with Gasteiger partial charge < -0.3 is 50.3 Å². The predicted octanol–water partition coefficient (Wildman–Crippen LogP) is 6.62. The van der Waals surface area contributed by atoms with Crippen molar-refractivity contribution >= 4 is 40.5 Å². The average molecular weight is 867 g/mol. The molecule has 0 spiro atoms. The first-order valence-electron chi connectivity index (χ1n) is 22.1. The van der Waals surface area contributed by atoms with Gasteiger partial charge in [-0.25, -0.2) is 14.6 Å². The summed E-state index contributed by atoms with van der Waals surface area (Å²) in [6.07, 6.45) is 7.03. The molecule has 64 heavy (non-hydrogen) atoms. The summed E-state index contributed by atoms with van der Waals surface area (Å²) < 4.78 is 15.3. The quantitative estimate of drug-likeness (QED) is 0.0970. The Bertz CT molecular complexity index is 2520. The molecule has 15 heteroatoms. The zero-order chi connectivity index (χ0) is 44.2. The van der Waals surface area contributed by atoms with Gasteiger partial charge in [0.15, 0.2) is 0 Å². The summed E-state index contributed by atoms with van der Waals surface area (Å²) in [5.41, 5.74) is 6.71. The summed E-state index contributed by atoms with van der Waals surface area (Å²) in [5.74, 6) is 0.421. The monoisotopic (exact) mass is 866 g/mol. The number of carbonyl (C=O) groups is 4. The number of benzene rings is 4. The largest absolute Gasteiger partial charge is 0.453 e. The van der Waals surface area contributed by atoms with Gasteiger partial charge in [0.25, 0.3) is 0 Å². The number of ether oxygens (including phenoxy) is 3. The number of hydrogen-bond acceptors (Lipinski definition) is 10. The molecule has 332 valence electrons. The van der Waals surface area contributed by atoms with Gasteiger partial charge >= 0.3 is 12.2 Å². The van der Waals surface area contributed by atoms with Gasteiger partial charge in [-0.2, -0.15) is 0 Å². The summed E-state index contributed by atoms with van der Waals surface area (Å²) in [4.78, 5) is 64.5. The third-order valence-electron chi connectivity index (χ3n) is 13.1. The van der Waals surface area contributed by atoms with Crippen LogP contribution >= 0.6 is 0 Å². The first-order valence-corrected chi connectivity index (χ1v) is 22.1. The second-order valence-electron chi connectivity index (χ2n) is 16.9. The minimum absolute atomic E-state index is 0.0276. The molecule has 4 amide bonds. The van der Waals surface area contributed by atoms with Crippen molar-refractivity contribution in [3.63, 3.8) is 0 Å². The van der Waals surface area contributed by atoms with Crippen LogP contribution in [-0.2, 0) is 23.8 Å². The number of nitrogens with zero attached hydrogens (tertiary/aromatic N) is 3. The minimum Gasteiger partial charge on any atom is -0.453 e. The molecule has 5 aromatic rings. The van der Waals surface area contributed by atoms with Crippen molar-refractivity contribution in [3.05, 3.63) is 120 Å². The number of amides is 4. The van der Waals surface area contributed by atoms with Crippen molar-refractivity contribution < 1.29 is 33.4 Å². The van der Waals surface area contributed by atoms with Crippen LogP contribution in [0.5, 0.6) is 0 Å². The summed E-state index contributed by atoms with van der Waals surface area (Å²) in [6, 6.07) is 28.6. The number of alkyl carbamates (subject to hydrolysis) is 2. The molecule has 0 bridgehead atoms. The van der Waals surface area contributed by atoms with Crippen LogP contribution in [0.25, 0.3) is 38.9 Å². The second kappa shape index (κ2) is 18.9. The van der Waals surface area contributed by atoms with Gasteiger partial charge in [0.05, 0.1) is 43.9 Å². The number of rotatable bonds is 11. The van der Waals surface area contributed by atoms with Crippen molar-refractivity contribution in [1.29, 1.82) is 0 Å². The van der Waals surface area contributed by atoms with E-state index in [0.29, 0.717) is 44.7 Å². The number of H-pyrrole nitrogens is 1. The highest BCUT2D eigenvalue weighted by Crippen LogP contribution is 2.35. The Morgan fingerprint density at radius 3 is 2.14 bits per heavy atom. The molecule has 5 N–H and O–H groups in total. The maximum absolute atomic E-state index is 14.0. The Morgan fingerprint density at radius 2 is 1.39 bits per heavy atom. The van der Waals surface area contributed by atoms with Crippen LogP contribution in [0.1, 0.15) is 67.6 Å². The van der Waals surface area contributed by atoms with E-state index in [9.17, 15) is 19.2 Å². The van der Waals surface area contributed by atoms with Gasteiger partial charge in [0.2, 0.25) is 11.8 Å². The molecule has 15 nitrogen and oxygen atoms in total. The molecule has 1 aromatic heterocycles. The third-order valence-corrected chi connectivity index (χ3v) is 13.1. The van der Waals surface area contributed by atoms with E-state index in [1.807, 2.05) is 52.5 Å². The van der Waals surface area contributed by atoms with Crippen LogP contribution in [0, 0.1) is 5.92 Å². The SMILES string of the molecule is COC(=O)N[C@H](C(=O)N1CCC[C@H]1c1ncc(-c2ccc(-c3ccc4cc(C5=CNC([C@@H]6CCCN6C(=O)[C@H](NC(=O)OC)c6ccccc6)N5)ccc4c3)cc2)[nH]1)C1CCOCC1. The zero-order valence-corrected chi connectivity index (χ0v) is 36.0. The highest BCUT2D eigenvalue weighted by Gasteiger charge is 2.41. The molecule has 4 aromatic carbocycles. The molecular weight excluding hydrogens is 813 g/mol. The fourth-order valence-corrected chi connectivity index (χ4v) is 9.68. The van der Waals surface area contributed by atoms with E-state index in [1.54, 1.807) is 0 Å². The van der Waals surface area contributed by atoms with Crippen molar-refractivity contribution in [3.8, 4) is 22.4 Å². The molecule has 3 saturated heterocycles. The molecule has 9 rings (SSSR count). The molecular formula is C49H54N8O7. The number of methoxy groups -OCH3 is 2. The molecule has 4 aliphatic rings. The number of imidazole rings is 1. The number of fused-ring (bicyclic) bond motifs is 1. The van der Waals surface area contributed by atoms with E-state index in [-0.39, 0.29) is 36.0 Å². The number of aromatic amines is 1. The van der Waals surface area contributed by atoms with Gasteiger partial charge in [-0.3, -0.25) is 9.59 Å². The number of nitrogens with one attached hydrogen (secondary N) is 5. The molecule has 0 radical (unpaired) electrons. The Morgan fingerprint density at radius 1 is 0.734 bits per heavy atom. The lowest BCUT2D eigenvalue weighted by molar-refractivity contribution is -0.137. The third kappa shape index (κ3) is 8.85. The predicted molar refractivity (Wildman–Crippen MR) is 241 cm³/mol. The van der Waals surface area contributed by atoms with Crippen LogP contribution in [0.2, 0.25) is 0 Å². The lowest BCUT2D eigenvalue weighted by Gasteiger charge is -2.34. The van der Waals surface area contributed by atoms with Crippen LogP contribution in [-0.4, -0.2) is 103 Å². The summed E-state index contributed by atoms with van der Waals surface area (Å²) >= 11 is 0. The van der Waals surface area contributed by atoms with Gasteiger partial charge in [-0.05, 0) is 95.2 Å². The minimum atomic E-state index is -0.856. The Kier molecular flexibility index (Phi) is 12.5. The lowest BCUT2D eigenvalue weighted by atomic mass is 9.90. The first kappa shape index (κ1) is 42.4. The van der Waals surface area contributed by atoms with Gasteiger partial charge in [0.1, 0.15) is 24.1 Å². The van der Waals surface area contributed by atoms with E-state index in [2.05, 4.69) is 86.9 Å². The molecule has 1 unspecified atom stereocenters. The van der Waals surface area contributed by atoms with Crippen LogP contribution < -0.4 is 21.3 Å². The van der Waals surface area contributed by atoms with Gasteiger partial charge in [-0.15, -0.1) is 0 Å². The molecule has 0 saturated carbocycles. The second-order valence-corrected chi connectivity index (χ2v) is 16.9. The summed E-state index contributed by atoms with van der Waals surface area (Å²) in [5, 5.41) is 14.9. The number of carbonyl (C=O) groups excluding carboxylic acids is 4. The van der Waals surface area contributed by atoms with E-state index < -0.39 is 24.3 Å². The van der Waals surface area contributed by atoms with Gasteiger partial charge in [0, 0.05) is 32.5 Å². The highest BCUT2D eigenvalue weighted by atomic mass is 16.5. The zero-order valence-electron chi connectivity index (χ0n) is 36.0. The molecule has 3 fully saturated rings. The molecule has 5 heterocycles. The van der Waals surface area contributed by atoms with Crippen LogP contribution in [0.3, 0.4) is 0 Å². The van der Waals surface area contributed by atoms with Crippen molar-refractivity contribution in [2.75, 3.05) is 40.5 Å². The van der Waals surface area contributed by atoms with E-state index in [0.717, 1.165) is 75.9 Å². The maximum Gasteiger partial charge on any atom is 0.407 e. The fraction of sp³-hybridized carbons (Fsp3) is 0.367. The Balaban J connectivity index is 0.843. The van der Waals surface area contributed by atoms with E-state index >= 15 is 0 Å². The number of hydrogen-bond donors (Lipinski definition) is 5. The lowest BCUT2D eigenvalue weighted by Crippen LogP contribution is -2.54. The Labute approximate surface area is 371 Å². The van der Waals surface area contributed by atoms with Crippen molar-refractivity contribution in [2.24, 2.45) is 5.92 Å². The standard InChI is InChI=1S/C49H54N8O7/c1-62-48(60)54-42(32-8-4-3-5-9-32)46(58)56-22-7-11-41(56)45-51-29-39(53-45)37-19-18-35-26-34(16-17-36(35)27-37)30-12-14-31(15-13-30)38-28-50-44(52-38)40-10-6-23-57(40)47(59)43(55-49(61)63-2)33-20-24-64-25-21-33/h3-5,8-9,12-19,26-29,33,40-43,45,51,53H,6-7,10-11,20-25H2,1-2H3,(H,50,52)(H,54,60)(H,55,61)/t40-,41-,42+,43-,45?/m0/s1. The smallest absolute Gasteiger partial charge is 0.407 e. The number of likely N-dealkylation sites (tertiary alicyclic amines) is 2. The molecule has 0 aliphatic carbocycles. The van der Waals surface area contributed by atoms with Crippen molar-refractivity contribution in [2.45, 2.75) is 68.9 Å². The average Bonchev–Trinajstić information content (AvgIpc) is 4.20. The van der Waals surface area contributed by atoms with Gasteiger partial charge in [-0.1, -0.05) is 78.9 Å². The van der Waals surface area contributed by atoms with Crippen LogP contribution in [0.15, 0.2) is 103 Å². The molecule has 5 atom stereocenters.